The van der Waals surface area contributed by atoms with Crippen molar-refractivity contribution in [3.63, 3.8) is 0 Å². The number of carboxylic acids is 1. The van der Waals surface area contributed by atoms with Crippen LogP contribution in [0.3, 0.4) is 0 Å². The highest BCUT2D eigenvalue weighted by Crippen LogP contribution is 2.28. The summed E-state index contributed by atoms with van der Waals surface area (Å²) in [4.78, 5) is 15.0. The number of fused-ring (bicyclic) bond motifs is 1. The minimum Gasteiger partial charge on any atom is -0.478 e. The van der Waals surface area contributed by atoms with Gasteiger partial charge in [-0.25, -0.2) is 9.78 Å². The number of nitrogens with zero attached hydrogens (tertiary/aromatic N) is 3. The first-order valence-corrected chi connectivity index (χ1v) is 7.22. The van der Waals surface area contributed by atoms with E-state index < -0.39 is 12.5 Å². The molecule has 0 spiro atoms. The third-order valence-electron chi connectivity index (χ3n) is 3.62. The van der Waals surface area contributed by atoms with E-state index in [-0.39, 0.29) is 22.5 Å². The van der Waals surface area contributed by atoms with Crippen molar-refractivity contribution in [3.8, 4) is 6.07 Å². The Kier molecular flexibility index (Phi) is 4.27. The summed E-state index contributed by atoms with van der Waals surface area (Å²) in [6.07, 6.45) is 1.39. The van der Waals surface area contributed by atoms with E-state index in [4.69, 9.17) is 5.11 Å². The molecule has 7 heteroatoms. The number of imidazole rings is 1. The van der Waals surface area contributed by atoms with Crippen molar-refractivity contribution < 1.29 is 18.7 Å². The van der Waals surface area contributed by atoms with Gasteiger partial charge in [-0.2, -0.15) is 14.0 Å². The summed E-state index contributed by atoms with van der Waals surface area (Å²) in [5, 5.41) is 18.3. The smallest absolute Gasteiger partial charge is 0.335 e. The van der Waals surface area contributed by atoms with Gasteiger partial charge in [0.25, 0.3) is 0 Å². The molecule has 1 N–H and O–H groups in total. The van der Waals surface area contributed by atoms with Crippen LogP contribution in [0.5, 0.6) is 0 Å². The summed E-state index contributed by atoms with van der Waals surface area (Å²) in [5.41, 5.74) is 1.15. The van der Waals surface area contributed by atoms with Crippen LogP contribution in [-0.2, 0) is 0 Å². The zero-order chi connectivity index (χ0) is 18.0. The summed E-state index contributed by atoms with van der Waals surface area (Å²) in [6.45, 7) is -2.85. The fourth-order valence-corrected chi connectivity index (χ4v) is 2.47. The summed E-state index contributed by atoms with van der Waals surface area (Å²) in [7, 11) is 0. The Bertz CT molecular complexity index is 1010. The number of carbonyl (C=O) groups is 1. The van der Waals surface area contributed by atoms with Gasteiger partial charge in [0.05, 0.1) is 22.2 Å². The molecule has 3 rings (SSSR count). The molecule has 2 aromatic carbocycles. The Morgan fingerprint density at radius 2 is 1.88 bits per heavy atom. The van der Waals surface area contributed by atoms with Crippen LogP contribution < -0.4 is 0 Å². The van der Waals surface area contributed by atoms with Gasteiger partial charge in [0.15, 0.2) is 5.82 Å². The van der Waals surface area contributed by atoms with Crippen molar-refractivity contribution in [2.24, 2.45) is 0 Å². The lowest BCUT2D eigenvalue weighted by Crippen LogP contribution is -2.03. The van der Waals surface area contributed by atoms with E-state index in [1.54, 1.807) is 18.2 Å². The van der Waals surface area contributed by atoms with Crippen molar-refractivity contribution in [1.82, 2.24) is 9.55 Å². The standard InChI is InChI=1S/C18H11F2N3O2/c19-18(20)23-15-4-2-1-3-14(15)22-16(23)13(10-21)9-11-5-7-12(8-6-11)17(24)25/h1-9,18H,(H,24,25)/b13-9-. The Labute approximate surface area is 141 Å². The number of hydrogen-bond donors (Lipinski definition) is 1. The molecular weight excluding hydrogens is 328 g/mol. The average Bonchev–Trinajstić information content (AvgIpc) is 2.99. The highest BCUT2D eigenvalue weighted by atomic mass is 19.3. The Hall–Kier alpha value is -3.53. The monoisotopic (exact) mass is 339 g/mol. The molecule has 0 radical (unpaired) electrons. The number of para-hydroxylation sites is 2. The zero-order valence-corrected chi connectivity index (χ0v) is 12.7. The summed E-state index contributed by atoms with van der Waals surface area (Å²) >= 11 is 0. The number of rotatable bonds is 4. The van der Waals surface area contributed by atoms with Gasteiger partial charge < -0.3 is 5.11 Å². The third-order valence-corrected chi connectivity index (χ3v) is 3.62. The number of carboxylic acid groups (broad SMARTS) is 1. The summed E-state index contributed by atoms with van der Waals surface area (Å²) < 4.78 is 27.7. The lowest BCUT2D eigenvalue weighted by Gasteiger charge is -2.07. The van der Waals surface area contributed by atoms with Crippen molar-refractivity contribution in [2.45, 2.75) is 6.55 Å². The Morgan fingerprint density at radius 3 is 2.48 bits per heavy atom. The first kappa shape index (κ1) is 16.3. The van der Waals surface area contributed by atoms with E-state index >= 15 is 0 Å². The number of alkyl halides is 2. The molecule has 0 saturated heterocycles. The van der Waals surface area contributed by atoms with Gasteiger partial charge in [-0.3, -0.25) is 4.57 Å². The van der Waals surface area contributed by atoms with Gasteiger partial charge in [0.1, 0.15) is 6.07 Å². The van der Waals surface area contributed by atoms with Gasteiger partial charge in [-0.1, -0.05) is 24.3 Å². The number of aromatic nitrogens is 2. The van der Waals surface area contributed by atoms with Crippen LogP contribution in [0.25, 0.3) is 22.7 Å². The molecule has 0 aliphatic rings. The Balaban J connectivity index is 2.12. The molecule has 1 aromatic heterocycles. The molecule has 0 atom stereocenters. The Morgan fingerprint density at radius 1 is 1.20 bits per heavy atom. The second kappa shape index (κ2) is 6.53. The molecular formula is C18H11F2N3O2. The topological polar surface area (TPSA) is 78.9 Å². The number of aromatic carboxylic acids is 1. The van der Waals surface area contributed by atoms with Crippen molar-refractivity contribution in [1.29, 1.82) is 5.26 Å². The molecule has 0 unspecified atom stereocenters. The molecule has 0 saturated carbocycles. The van der Waals surface area contributed by atoms with Crippen molar-refractivity contribution >= 4 is 28.7 Å². The van der Waals surface area contributed by atoms with E-state index in [2.05, 4.69) is 4.98 Å². The van der Waals surface area contributed by atoms with E-state index in [1.165, 1.54) is 36.4 Å². The van der Waals surface area contributed by atoms with Crippen LogP contribution in [0.15, 0.2) is 48.5 Å². The minimum absolute atomic E-state index is 0.0421. The molecule has 0 aliphatic carbocycles. The first-order chi connectivity index (χ1) is 12.0. The fourth-order valence-electron chi connectivity index (χ4n) is 2.47. The van der Waals surface area contributed by atoms with Crippen LogP contribution in [0, 0.1) is 11.3 Å². The van der Waals surface area contributed by atoms with E-state index in [1.807, 2.05) is 6.07 Å². The maximum atomic E-state index is 13.5. The highest BCUT2D eigenvalue weighted by molar-refractivity contribution is 5.92. The molecule has 0 bridgehead atoms. The SMILES string of the molecule is N#C/C(=C/c1ccc(C(=O)O)cc1)c1nc2ccccc2n1C(F)F. The van der Waals surface area contributed by atoms with E-state index in [0.29, 0.717) is 15.6 Å². The van der Waals surface area contributed by atoms with Gasteiger partial charge in [0, 0.05) is 0 Å². The molecule has 3 aromatic rings. The molecule has 124 valence electrons. The highest BCUT2D eigenvalue weighted by Gasteiger charge is 2.20. The molecule has 1 heterocycles. The van der Waals surface area contributed by atoms with Gasteiger partial charge >= 0.3 is 12.5 Å². The van der Waals surface area contributed by atoms with Gasteiger partial charge in [-0.05, 0) is 35.9 Å². The second-order valence-corrected chi connectivity index (χ2v) is 5.17. The number of nitriles is 1. The summed E-state index contributed by atoms with van der Waals surface area (Å²) in [6, 6.07) is 14.0. The number of allylic oxidation sites excluding steroid dienone is 1. The van der Waals surface area contributed by atoms with Crippen LogP contribution in [0.1, 0.15) is 28.3 Å². The average molecular weight is 339 g/mol. The van der Waals surface area contributed by atoms with Crippen LogP contribution in [-0.4, -0.2) is 20.6 Å². The summed E-state index contributed by atoms with van der Waals surface area (Å²) in [5.74, 6) is -1.21. The first-order valence-electron chi connectivity index (χ1n) is 7.22. The number of halogens is 2. The fraction of sp³-hybridized carbons (Fsp3) is 0.0556. The largest absolute Gasteiger partial charge is 0.478 e. The lowest BCUT2D eigenvalue weighted by molar-refractivity contribution is 0.0695. The number of benzene rings is 2. The van der Waals surface area contributed by atoms with E-state index in [9.17, 15) is 18.8 Å². The van der Waals surface area contributed by atoms with Gasteiger partial charge in [-0.15, -0.1) is 0 Å². The predicted molar refractivity (Wildman–Crippen MR) is 87.9 cm³/mol. The second-order valence-electron chi connectivity index (χ2n) is 5.17. The maximum Gasteiger partial charge on any atom is 0.335 e. The molecule has 5 nitrogen and oxygen atoms in total. The zero-order valence-electron chi connectivity index (χ0n) is 12.7. The minimum atomic E-state index is -2.85. The normalized spacial score (nSPS) is 11.7. The molecule has 25 heavy (non-hydrogen) atoms. The number of hydrogen-bond acceptors (Lipinski definition) is 3. The maximum absolute atomic E-state index is 13.5. The molecule has 0 aliphatic heterocycles. The van der Waals surface area contributed by atoms with Crippen molar-refractivity contribution in [2.75, 3.05) is 0 Å². The molecule has 0 fully saturated rings. The predicted octanol–water partition coefficient (Wildman–Crippen LogP) is 4.19. The molecule has 0 amide bonds. The van der Waals surface area contributed by atoms with E-state index in [0.717, 1.165) is 0 Å². The van der Waals surface area contributed by atoms with Crippen LogP contribution in [0.4, 0.5) is 8.78 Å². The third kappa shape index (κ3) is 3.10. The van der Waals surface area contributed by atoms with Crippen LogP contribution in [0.2, 0.25) is 0 Å². The van der Waals surface area contributed by atoms with Gasteiger partial charge in [0.2, 0.25) is 0 Å². The lowest BCUT2D eigenvalue weighted by atomic mass is 10.1. The quantitative estimate of drug-likeness (QED) is 0.723. The van der Waals surface area contributed by atoms with Crippen molar-refractivity contribution in [3.05, 3.63) is 65.5 Å². The van der Waals surface area contributed by atoms with Crippen LogP contribution >= 0.6 is 0 Å².